The van der Waals surface area contributed by atoms with E-state index in [-0.39, 0.29) is 12.0 Å². The van der Waals surface area contributed by atoms with Crippen molar-refractivity contribution in [3.63, 3.8) is 0 Å². The predicted octanol–water partition coefficient (Wildman–Crippen LogP) is 2.95. The van der Waals surface area contributed by atoms with Crippen LogP contribution in [0.1, 0.15) is 49.1 Å². The summed E-state index contributed by atoms with van der Waals surface area (Å²) in [6.45, 7) is 6.33. The highest BCUT2D eigenvalue weighted by Crippen LogP contribution is 2.27. The molecular weight excluding hydrogens is 388 g/mol. The molecule has 1 aromatic heterocycles. The standard InChI is InChI=1S/C24H34N6O/c1-17-14-18(2)30(28-17)22-11-7-6-10-20(22)15-26-24(25-3)27-21-12-13-29(16-21)23(31)19-8-4-5-9-19/h6-7,10-11,14,19,21H,4-5,8-9,12-13,15-16H2,1-3H3,(H2,25,26,27). The second-order valence-corrected chi connectivity index (χ2v) is 8.79. The van der Waals surface area contributed by atoms with Crippen molar-refractivity contribution in [2.45, 2.75) is 58.5 Å². The molecule has 0 bridgehead atoms. The van der Waals surface area contributed by atoms with E-state index in [1.165, 1.54) is 12.8 Å². The monoisotopic (exact) mass is 422 g/mol. The molecule has 1 aliphatic heterocycles. The molecular formula is C24H34N6O. The molecule has 1 amide bonds. The van der Waals surface area contributed by atoms with Gasteiger partial charge in [0.1, 0.15) is 0 Å². The average molecular weight is 423 g/mol. The highest BCUT2D eigenvalue weighted by Gasteiger charge is 2.32. The van der Waals surface area contributed by atoms with Crippen LogP contribution in [0.3, 0.4) is 0 Å². The number of para-hydroxylation sites is 1. The highest BCUT2D eigenvalue weighted by atomic mass is 16.2. The Kier molecular flexibility index (Phi) is 6.59. The molecule has 1 aromatic carbocycles. The van der Waals surface area contributed by atoms with Gasteiger partial charge >= 0.3 is 0 Å². The number of guanidine groups is 1. The summed E-state index contributed by atoms with van der Waals surface area (Å²) >= 11 is 0. The van der Waals surface area contributed by atoms with Gasteiger partial charge in [-0.05, 0) is 50.8 Å². The maximum absolute atomic E-state index is 12.7. The fraction of sp³-hybridized carbons (Fsp3) is 0.542. The van der Waals surface area contributed by atoms with E-state index in [1.807, 2.05) is 28.6 Å². The van der Waals surface area contributed by atoms with E-state index >= 15 is 0 Å². The van der Waals surface area contributed by atoms with Crippen molar-refractivity contribution in [1.29, 1.82) is 0 Å². The lowest BCUT2D eigenvalue weighted by atomic mass is 10.1. The van der Waals surface area contributed by atoms with Crippen molar-refractivity contribution in [3.8, 4) is 5.69 Å². The third-order valence-corrected chi connectivity index (χ3v) is 6.44. The molecule has 1 atom stereocenters. The third kappa shape index (κ3) is 4.92. The van der Waals surface area contributed by atoms with Crippen molar-refractivity contribution in [3.05, 3.63) is 47.3 Å². The Morgan fingerprint density at radius 2 is 1.97 bits per heavy atom. The fourth-order valence-electron chi connectivity index (χ4n) is 4.82. The Morgan fingerprint density at radius 1 is 1.19 bits per heavy atom. The Bertz CT molecular complexity index is 943. The van der Waals surface area contributed by atoms with Crippen molar-refractivity contribution in [2.24, 2.45) is 10.9 Å². The van der Waals surface area contributed by atoms with Crippen LogP contribution in [-0.4, -0.2) is 52.7 Å². The second kappa shape index (κ2) is 9.54. The highest BCUT2D eigenvalue weighted by molar-refractivity contribution is 5.81. The number of rotatable bonds is 5. The summed E-state index contributed by atoms with van der Waals surface area (Å²) in [5, 5.41) is 11.6. The first-order valence-electron chi connectivity index (χ1n) is 11.4. The van der Waals surface area contributed by atoms with Crippen LogP contribution in [0.25, 0.3) is 5.69 Å². The number of carbonyl (C=O) groups is 1. The Hall–Kier alpha value is -2.83. The van der Waals surface area contributed by atoms with Crippen molar-refractivity contribution in [2.75, 3.05) is 20.1 Å². The normalized spacial score (nSPS) is 19.8. The molecule has 1 saturated heterocycles. The molecule has 7 heteroatoms. The molecule has 4 rings (SSSR count). The molecule has 0 radical (unpaired) electrons. The van der Waals surface area contributed by atoms with E-state index in [4.69, 9.17) is 0 Å². The van der Waals surface area contributed by atoms with Crippen LogP contribution in [0, 0.1) is 19.8 Å². The van der Waals surface area contributed by atoms with Crippen molar-refractivity contribution < 1.29 is 4.79 Å². The lowest BCUT2D eigenvalue weighted by Gasteiger charge is -2.21. The Morgan fingerprint density at radius 3 is 2.68 bits per heavy atom. The Labute approximate surface area is 184 Å². The Balaban J connectivity index is 1.35. The van der Waals surface area contributed by atoms with Gasteiger partial charge in [0.25, 0.3) is 0 Å². The molecule has 1 saturated carbocycles. The summed E-state index contributed by atoms with van der Waals surface area (Å²) in [6, 6.07) is 10.6. The first kappa shape index (κ1) is 21.4. The first-order valence-corrected chi connectivity index (χ1v) is 11.4. The van der Waals surface area contributed by atoms with Crippen LogP contribution in [0.5, 0.6) is 0 Å². The number of aliphatic imine (C=N–C) groups is 1. The molecule has 2 heterocycles. The number of amides is 1. The van der Waals surface area contributed by atoms with E-state index in [9.17, 15) is 4.79 Å². The van der Waals surface area contributed by atoms with Gasteiger partial charge in [0, 0.05) is 44.3 Å². The topological polar surface area (TPSA) is 74.6 Å². The minimum absolute atomic E-state index is 0.239. The minimum Gasteiger partial charge on any atom is -0.352 e. The summed E-state index contributed by atoms with van der Waals surface area (Å²) in [6.07, 6.45) is 5.47. The van der Waals surface area contributed by atoms with Gasteiger partial charge in [0.2, 0.25) is 5.91 Å². The molecule has 31 heavy (non-hydrogen) atoms. The van der Waals surface area contributed by atoms with Crippen molar-refractivity contribution in [1.82, 2.24) is 25.3 Å². The molecule has 2 N–H and O–H groups in total. The summed E-state index contributed by atoms with van der Waals surface area (Å²) in [4.78, 5) is 19.2. The SMILES string of the molecule is CN=C(NCc1ccccc1-n1nc(C)cc1C)NC1CCN(C(=O)C2CCCC2)C1. The maximum atomic E-state index is 12.7. The number of carbonyl (C=O) groups excluding carboxylic acids is 1. The second-order valence-electron chi connectivity index (χ2n) is 8.79. The maximum Gasteiger partial charge on any atom is 0.225 e. The van der Waals surface area contributed by atoms with Crippen LogP contribution in [0.2, 0.25) is 0 Å². The quantitative estimate of drug-likeness (QED) is 0.574. The van der Waals surface area contributed by atoms with E-state index in [1.54, 1.807) is 7.05 Å². The predicted molar refractivity (Wildman–Crippen MR) is 123 cm³/mol. The van der Waals surface area contributed by atoms with E-state index in [0.29, 0.717) is 12.5 Å². The molecule has 2 fully saturated rings. The van der Waals surface area contributed by atoms with Gasteiger partial charge in [-0.3, -0.25) is 9.79 Å². The van der Waals surface area contributed by atoms with Gasteiger partial charge in [-0.25, -0.2) is 4.68 Å². The third-order valence-electron chi connectivity index (χ3n) is 6.44. The van der Waals surface area contributed by atoms with Gasteiger partial charge < -0.3 is 15.5 Å². The van der Waals surface area contributed by atoms with Gasteiger partial charge in [-0.2, -0.15) is 5.10 Å². The zero-order chi connectivity index (χ0) is 21.8. The number of nitrogens with one attached hydrogen (secondary N) is 2. The van der Waals surface area contributed by atoms with E-state index in [0.717, 1.165) is 61.0 Å². The minimum atomic E-state index is 0.239. The molecule has 166 valence electrons. The summed E-state index contributed by atoms with van der Waals surface area (Å²) in [5.41, 5.74) is 4.35. The van der Waals surface area contributed by atoms with Crippen LogP contribution in [-0.2, 0) is 11.3 Å². The van der Waals surface area contributed by atoms with Gasteiger partial charge in [-0.15, -0.1) is 0 Å². The zero-order valence-electron chi connectivity index (χ0n) is 18.9. The molecule has 2 aromatic rings. The average Bonchev–Trinajstić information content (AvgIpc) is 3.52. The lowest BCUT2D eigenvalue weighted by Crippen LogP contribution is -2.45. The summed E-state index contributed by atoms with van der Waals surface area (Å²) < 4.78 is 1.99. The molecule has 0 spiro atoms. The van der Waals surface area contributed by atoms with Gasteiger partial charge in [-0.1, -0.05) is 31.0 Å². The number of hydrogen-bond acceptors (Lipinski definition) is 3. The van der Waals surface area contributed by atoms with E-state index < -0.39 is 0 Å². The smallest absolute Gasteiger partial charge is 0.225 e. The number of aryl methyl sites for hydroxylation is 2. The van der Waals surface area contributed by atoms with Crippen molar-refractivity contribution >= 4 is 11.9 Å². The summed E-state index contributed by atoms with van der Waals surface area (Å²) in [5.74, 6) is 1.37. The first-order chi connectivity index (χ1) is 15.0. The van der Waals surface area contributed by atoms with Crippen LogP contribution < -0.4 is 10.6 Å². The zero-order valence-corrected chi connectivity index (χ0v) is 18.9. The van der Waals surface area contributed by atoms with Crippen LogP contribution in [0.15, 0.2) is 35.3 Å². The summed E-state index contributed by atoms with van der Waals surface area (Å²) in [7, 11) is 1.79. The molecule has 2 aliphatic rings. The molecule has 7 nitrogen and oxygen atoms in total. The number of benzene rings is 1. The lowest BCUT2D eigenvalue weighted by molar-refractivity contribution is -0.134. The van der Waals surface area contributed by atoms with Gasteiger partial charge in [0.15, 0.2) is 5.96 Å². The number of aromatic nitrogens is 2. The number of hydrogen-bond donors (Lipinski definition) is 2. The van der Waals surface area contributed by atoms with E-state index in [2.05, 4.69) is 45.8 Å². The number of nitrogens with zero attached hydrogens (tertiary/aromatic N) is 4. The van der Waals surface area contributed by atoms with Crippen LogP contribution >= 0.6 is 0 Å². The molecule has 1 aliphatic carbocycles. The fourth-order valence-corrected chi connectivity index (χ4v) is 4.82. The number of likely N-dealkylation sites (tertiary alicyclic amines) is 1. The van der Waals surface area contributed by atoms with Gasteiger partial charge in [0.05, 0.1) is 11.4 Å². The van der Waals surface area contributed by atoms with Crippen LogP contribution in [0.4, 0.5) is 0 Å². The largest absolute Gasteiger partial charge is 0.352 e. The molecule has 1 unspecified atom stereocenters.